The maximum Gasteiger partial charge on any atom is 0.500 e. The van der Waals surface area contributed by atoms with Crippen molar-refractivity contribution in [1.29, 1.82) is 0 Å². The van der Waals surface area contributed by atoms with Gasteiger partial charge in [0.25, 0.3) is 0 Å². The van der Waals surface area contributed by atoms with Crippen LogP contribution in [0.25, 0.3) is 0 Å². The Labute approximate surface area is 149 Å². The molecule has 1 atom stereocenters. The zero-order valence-corrected chi connectivity index (χ0v) is 18.4. The average Bonchev–Trinajstić information content (AvgIpc) is 2.45. The SMILES string of the molecule is CO[Si](CCCOC(=O)C(C)(CC(C)(C)C)C(C)(C)C)(OC)OC. The third-order valence-electron chi connectivity index (χ3n) is 4.78. The molecule has 0 amide bonds. The Hall–Kier alpha value is -0.433. The van der Waals surface area contributed by atoms with Crippen LogP contribution >= 0.6 is 0 Å². The van der Waals surface area contributed by atoms with Gasteiger partial charge in [-0.05, 0) is 30.6 Å². The van der Waals surface area contributed by atoms with Crippen LogP contribution in [-0.2, 0) is 22.8 Å². The zero-order valence-electron chi connectivity index (χ0n) is 17.4. The summed E-state index contributed by atoms with van der Waals surface area (Å²) in [5.74, 6) is -0.135. The normalized spacial score (nSPS) is 15.9. The van der Waals surface area contributed by atoms with E-state index in [2.05, 4.69) is 41.5 Å². The Bertz CT molecular complexity index is 385. The molecule has 0 heterocycles. The minimum Gasteiger partial charge on any atom is -0.465 e. The van der Waals surface area contributed by atoms with Crippen LogP contribution in [0.3, 0.4) is 0 Å². The molecule has 0 fully saturated rings. The van der Waals surface area contributed by atoms with Crippen LogP contribution in [0.2, 0.25) is 6.04 Å². The van der Waals surface area contributed by atoms with Gasteiger partial charge >= 0.3 is 14.8 Å². The van der Waals surface area contributed by atoms with E-state index in [4.69, 9.17) is 18.0 Å². The van der Waals surface area contributed by atoms with Gasteiger partial charge in [0.05, 0.1) is 12.0 Å². The van der Waals surface area contributed by atoms with Crippen molar-refractivity contribution in [2.24, 2.45) is 16.2 Å². The maximum atomic E-state index is 12.8. The van der Waals surface area contributed by atoms with Gasteiger partial charge in [-0.1, -0.05) is 41.5 Å². The van der Waals surface area contributed by atoms with Crippen LogP contribution in [0, 0.1) is 16.2 Å². The highest BCUT2D eigenvalue weighted by molar-refractivity contribution is 6.60. The van der Waals surface area contributed by atoms with E-state index < -0.39 is 14.2 Å². The van der Waals surface area contributed by atoms with Crippen LogP contribution in [0.15, 0.2) is 0 Å². The first-order valence-corrected chi connectivity index (χ1v) is 10.5. The third kappa shape index (κ3) is 6.46. The minimum atomic E-state index is -2.60. The quantitative estimate of drug-likeness (QED) is 0.348. The number of hydrogen-bond donors (Lipinski definition) is 0. The summed E-state index contributed by atoms with van der Waals surface area (Å²) < 4.78 is 21.8. The fourth-order valence-electron chi connectivity index (χ4n) is 2.87. The van der Waals surface area contributed by atoms with E-state index in [0.29, 0.717) is 19.1 Å². The molecule has 0 spiro atoms. The van der Waals surface area contributed by atoms with Gasteiger partial charge in [-0.15, -0.1) is 0 Å². The topological polar surface area (TPSA) is 54.0 Å². The van der Waals surface area contributed by atoms with Crippen LogP contribution in [0.4, 0.5) is 0 Å². The first-order chi connectivity index (χ1) is 10.8. The van der Waals surface area contributed by atoms with E-state index in [1.165, 1.54) is 0 Å². The third-order valence-corrected chi connectivity index (χ3v) is 7.62. The second-order valence-corrected chi connectivity index (χ2v) is 11.9. The molecular weight excluding hydrogens is 324 g/mol. The molecule has 1 unspecified atom stereocenters. The summed E-state index contributed by atoms with van der Waals surface area (Å²) in [5.41, 5.74) is -0.670. The Kier molecular flexibility index (Phi) is 8.63. The van der Waals surface area contributed by atoms with Crippen LogP contribution in [0.1, 0.15) is 61.3 Å². The molecule has 0 bridgehead atoms. The number of hydrogen-bond acceptors (Lipinski definition) is 5. The molecule has 0 aromatic heterocycles. The standard InChI is InChI=1S/C18H38O5Si/c1-16(2,3)14-18(7,17(4,5)6)15(19)23-12-11-13-24(20-8,21-9)22-10/h11-14H2,1-10H3. The van der Waals surface area contributed by atoms with Gasteiger partial charge in [0.15, 0.2) is 0 Å². The molecule has 0 aromatic carbocycles. The molecular formula is C18H38O5Si. The van der Waals surface area contributed by atoms with Crippen molar-refractivity contribution in [3.63, 3.8) is 0 Å². The predicted molar refractivity (Wildman–Crippen MR) is 98.8 cm³/mol. The van der Waals surface area contributed by atoms with Gasteiger partial charge in [-0.25, -0.2) is 0 Å². The molecule has 0 saturated carbocycles. The first-order valence-electron chi connectivity index (χ1n) is 8.59. The van der Waals surface area contributed by atoms with Crippen molar-refractivity contribution < 1.29 is 22.8 Å². The van der Waals surface area contributed by atoms with Crippen molar-refractivity contribution in [3.05, 3.63) is 0 Å². The van der Waals surface area contributed by atoms with Gasteiger partial charge < -0.3 is 18.0 Å². The summed E-state index contributed by atoms with van der Waals surface area (Å²) in [6.45, 7) is 15.1. The minimum absolute atomic E-state index is 0.0469. The lowest BCUT2D eigenvalue weighted by Crippen LogP contribution is -2.45. The van der Waals surface area contributed by atoms with Crippen molar-refractivity contribution in [3.8, 4) is 0 Å². The molecule has 0 N–H and O–H groups in total. The Balaban J connectivity index is 4.82. The number of esters is 1. The van der Waals surface area contributed by atoms with Crippen molar-refractivity contribution >= 4 is 14.8 Å². The highest BCUT2D eigenvalue weighted by atomic mass is 28.4. The van der Waals surface area contributed by atoms with Crippen LogP contribution in [-0.4, -0.2) is 42.7 Å². The highest BCUT2D eigenvalue weighted by Gasteiger charge is 2.47. The van der Waals surface area contributed by atoms with Gasteiger partial charge in [0.2, 0.25) is 0 Å². The van der Waals surface area contributed by atoms with E-state index in [1.807, 2.05) is 6.92 Å². The summed E-state index contributed by atoms with van der Waals surface area (Å²) in [4.78, 5) is 12.8. The van der Waals surface area contributed by atoms with E-state index in [-0.39, 0.29) is 16.8 Å². The molecule has 0 aromatic rings. The van der Waals surface area contributed by atoms with Gasteiger partial charge in [-0.3, -0.25) is 4.79 Å². The van der Waals surface area contributed by atoms with Crippen molar-refractivity contribution in [2.75, 3.05) is 27.9 Å². The summed E-state index contributed by atoms with van der Waals surface area (Å²) in [5, 5.41) is 0. The molecule has 0 radical (unpaired) electrons. The maximum absolute atomic E-state index is 12.8. The van der Waals surface area contributed by atoms with Crippen LogP contribution in [0.5, 0.6) is 0 Å². The van der Waals surface area contributed by atoms with E-state index in [0.717, 1.165) is 6.42 Å². The van der Waals surface area contributed by atoms with Gasteiger partial charge in [0.1, 0.15) is 0 Å². The van der Waals surface area contributed by atoms with E-state index in [9.17, 15) is 4.79 Å². The molecule has 144 valence electrons. The molecule has 6 heteroatoms. The van der Waals surface area contributed by atoms with Gasteiger partial charge in [0, 0.05) is 27.4 Å². The van der Waals surface area contributed by atoms with E-state index in [1.54, 1.807) is 21.3 Å². The fourth-order valence-corrected chi connectivity index (χ4v) is 4.56. The number of rotatable bonds is 9. The monoisotopic (exact) mass is 362 g/mol. The van der Waals surface area contributed by atoms with Crippen molar-refractivity contribution in [1.82, 2.24) is 0 Å². The Morgan fingerprint density at radius 3 is 1.67 bits per heavy atom. The predicted octanol–water partition coefficient (Wildman–Crippen LogP) is 4.29. The molecule has 24 heavy (non-hydrogen) atoms. The molecule has 0 saturated heterocycles. The smallest absolute Gasteiger partial charge is 0.465 e. The average molecular weight is 363 g/mol. The Morgan fingerprint density at radius 1 is 0.875 bits per heavy atom. The summed E-state index contributed by atoms with van der Waals surface area (Å²) in [6.07, 6.45) is 1.43. The van der Waals surface area contributed by atoms with Gasteiger partial charge in [-0.2, -0.15) is 0 Å². The zero-order chi connectivity index (χ0) is 19.2. The molecule has 0 aliphatic carbocycles. The lowest BCUT2D eigenvalue weighted by atomic mass is 9.61. The number of ether oxygens (including phenoxy) is 1. The second-order valence-electron chi connectivity index (χ2n) is 8.85. The second kappa shape index (κ2) is 8.78. The summed E-state index contributed by atoms with van der Waals surface area (Å²) in [6, 6.07) is 0.620. The highest BCUT2D eigenvalue weighted by Crippen LogP contribution is 2.47. The Morgan fingerprint density at radius 2 is 1.33 bits per heavy atom. The summed E-state index contributed by atoms with van der Waals surface area (Å²) >= 11 is 0. The molecule has 0 aliphatic heterocycles. The first kappa shape index (κ1) is 23.6. The number of carbonyl (C=O) groups is 1. The van der Waals surface area contributed by atoms with E-state index >= 15 is 0 Å². The lowest BCUT2D eigenvalue weighted by Gasteiger charge is -2.43. The molecule has 0 aliphatic rings. The largest absolute Gasteiger partial charge is 0.500 e. The fraction of sp³-hybridized carbons (Fsp3) is 0.944. The summed E-state index contributed by atoms with van der Waals surface area (Å²) in [7, 11) is 2.16. The lowest BCUT2D eigenvalue weighted by molar-refractivity contribution is -0.164. The molecule has 0 rings (SSSR count). The van der Waals surface area contributed by atoms with Crippen LogP contribution < -0.4 is 0 Å². The number of carbonyl (C=O) groups excluding carboxylic acids is 1. The van der Waals surface area contributed by atoms with Crippen molar-refractivity contribution in [2.45, 2.75) is 67.4 Å². The molecule has 5 nitrogen and oxygen atoms in total.